The average Bonchev–Trinajstić information content (AvgIpc) is 2.77. The molecule has 0 unspecified atom stereocenters. The molecule has 0 radical (unpaired) electrons. The van der Waals surface area contributed by atoms with E-state index in [4.69, 9.17) is 0 Å². The molecule has 1 saturated carbocycles. The molecule has 0 atom stereocenters. The van der Waals surface area contributed by atoms with Crippen LogP contribution in [0.3, 0.4) is 0 Å². The van der Waals surface area contributed by atoms with E-state index in [1.165, 1.54) is 60.8 Å². The molecule has 0 N–H and O–H groups in total. The number of carbonyl (C=O) groups excluding carboxylic acids is 1. The Labute approximate surface area is 154 Å². The summed E-state index contributed by atoms with van der Waals surface area (Å²) in [4.78, 5) is 10.9. The lowest BCUT2D eigenvalue weighted by Gasteiger charge is -2.32. The summed E-state index contributed by atoms with van der Waals surface area (Å²) in [5.74, 6) is 0. The summed E-state index contributed by atoms with van der Waals surface area (Å²) in [5, 5.41) is 0. The summed E-state index contributed by atoms with van der Waals surface area (Å²) in [6, 6.07) is 0. The van der Waals surface area contributed by atoms with Gasteiger partial charge < -0.3 is 0 Å². The SMILES string of the molecule is CC1=C(/C=C/C(C)=C\C=C2\CCCCC\C2=C/C=O)C(C)(C)CCC1. The molecule has 2 aliphatic rings. The van der Waals surface area contributed by atoms with E-state index >= 15 is 0 Å². The average molecular weight is 339 g/mol. The summed E-state index contributed by atoms with van der Waals surface area (Å²) < 4.78 is 0. The van der Waals surface area contributed by atoms with Crippen molar-refractivity contribution in [1.82, 2.24) is 0 Å². The maximum atomic E-state index is 10.9. The van der Waals surface area contributed by atoms with Crippen molar-refractivity contribution in [2.75, 3.05) is 0 Å². The molecule has 0 spiro atoms. The van der Waals surface area contributed by atoms with Crippen LogP contribution >= 0.6 is 0 Å². The van der Waals surface area contributed by atoms with Crippen molar-refractivity contribution < 1.29 is 4.79 Å². The monoisotopic (exact) mass is 338 g/mol. The first-order valence-corrected chi connectivity index (χ1v) is 9.84. The van der Waals surface area contributed by atoms with Gasteiger partial charge in [0.2, 0.25) is 0 Å². The molecule has 0 saturated heterocycles. The van der Waals surface area contributed by atoms with Crippen molar-refractivity contribution in [3.8, 4) is 0 Å². The zero-order chi connectivity index (χ0) is 18.3. The molecule has 1 heteroatoms. The van der Waals surface area contributed by atoms with E-state index in [9.17, 15) is 4.79 Å². The summed E-state index contributed by atoms with van der Waals surface area (Å²) in [6.07, 6.45) is 21.3. The van der Waals surface area contributed by atoms with Crippen LogP contribution < -0.4 is 0 Å². The summed E-state index contributed by atoms with van der Waals surface area (Å²) in [5.41, 5.74) is 7.18. The van der Waals surface area contributed by atoms with Gasteiger partial charge in [0.25, 0.3) is 0 Å². The fourth-order valence-corrected chi connectivity index (χ4v) is 4.10. The minimum absolute atomic E-state index is 0.290. The normalized spacial score (nSPS) is 25.7. The van der Waals surface area contributed by atoms with Crippen molar-refractivity contribution in [3.63, 3.8) is 0 Å². The number of carbonyl (C=O) groups is 1. The zero-order valence-corrected chi connectivity index (χ0v) is 16.5. The number of hydrogen-bond donors (Lipinski definition) is 0. The number of aldehydes is 1. The highest BCUT2D eigenvalue weighted by molar-refractivity contribution is 5.68. The molecule has 1 nitrogen and oxygen atoms in total. The molecule has 136 valence electrons. The van der Waals surface area contributed by atoms with Gasteiger partial charge in [0.15, 0.2) is 0 Å². The first-order valence-electron chi connectivity index (χ1n) is 9.84. The summed E-state index contributed by atoms with van der Waals surface area (Å²) in [7, 11) is 0. The first-order chi connectivity index (χ1) is 11.9. The van der Waals surface area contributed by atoms with Gasteiger partial charge in [-0.1, -0.05) is 55.7 Å². The van der Waals surface area contributed by atoms with E-state index in [2.05, 4.69) is 52.0 Å². The minimum atomic E-state index is 0.290. The number of allylic oxidation sites excluding steroid dienone is 10. The molecule has 0 aliphatic heterocycles. The highest BCUT2D eigenvalue weighted by atomic mass is 16.1. The predicted molar refractivity (Wildman–Crippen MR) is 109 cm³/mol. The predicted octanol–water partition coefficient (Wildman–Crippen LogP) is 7.03. The van der Waals surface area contributed by atoms with Gasteiger partial charge in [-0.05, 0) is 87.0 Å². The lowest BCUT2D eigenvalue weighted by molar-refractivity contribution is -0.104. The van der Waals surface area contributed by atoms with E-state index in [0.29, 0.717) is 5.41 Å². The molecule has 0 amide bonds. The third-order valence-corrected chi connectivity index (χ3v) is 5.68. The van der Waals surface area contributed by atoms with Crippen LogP contribution in [0.25, 0.3) is 0 Å². The van der Waals surface area contributed by atoms with Gasteiger partial charge in [0.1, 0.15) is 6.29 Å². The molecule has 2 aliphatic carbocycles. The Morgan fingerprint density at radius 2 is 1.64 bits per heavy atom. The fraction of sp³-hybridized carbons (Fsp3) is 0.542. The van der Waals surface area contributed by atoms with E-state index < -0.39 is 0 Å². The molecule has 25 heavy (non-hydrogen) atoms. The molecule has 2 rings (SSSR count). The standard InChI is InChI=1S/C24H34O/c1-19(13-15-23-20(2)9-8-17-24(23,3)4)12-14-21-10-6-5-7-11-22(21)16-18-25/h12-16,18H,5-11,17H2,1-4H3/b15-13+,19-12-,21-14-,22-16+. The second kappa shape index (κ2) is 9.17. The molecule has 0 aromatic carbocycles. The van der Waals surface area contributed by atoms with Gasteiger partial charge in [-0.15, -0.1) is 0 Å². The Morgan fingerprint density at radius 3 is 2.28 bits per heavy atom. The quantitative estimate of drug-likeness (QED) is 0.233. The van der Waals surface area contributed by atoms with Crippen molar-refractivity contribution in [1.29, 1.82) is 0 Å². The molecule has 0 bridgehead atoms. The van der Waals surface area contributed by atoms with E-state index in [0.717, 1.165) is 19.1 Å². The molecule has 0 aromatic rings. The lowest BCUT2D eigenvalue weighted by Crippen LogP contribution is -2.19. The van der Waals surface area contributed by atoms with Crippen molar-refractivity contribution >= 4 is 6.29 Å². The van der Waals surface area contributed by atoms with E-state index in [1.807, 2.05) is 0 Å². The smallest absolute Gasteiger partial charge is 0.143 e. The Kier molecular flexibility index (Phi) is 7.23. The van der Waals surface area contributed by atoms with Crippen LogP contribution in [-0.4, -0.2) is 6.29 Å². The van der Waals surface area contributed by atoms with Crippen LogP contribution in [0.15, 0.2) is 58.2 Å². The molecule has 1 fully saturated rings. The fourth-order valence-electron chi connectivity index (χ4n) is 4.10. The van der Waals surface area contributed by atoms with Crippen LogP contribution in [-0.2, 0) is 4.79 Å². The third kappa shape index (κ3) is 5.70. The maximum Gasteiger partial charge on any atom is 0.143 e. The molecular formula is C24H34O. The number of rotatable bonds is 4. The van der Waals surface area contributed by atoms with E-state index in [-0.39, 0.29) is 0 Å². The van der Waals surface area contributed by atoms with Gasteiger partial charge in [0.05, 0.1) is 0 Å². The Bertz CT molecular complexity index is 635. The van der Waals surface area contributed by atoms with Crippen molar-refractivity contribution in [2.45, 2.75) is 79.1 Å². The van der Waals surface area contributed by atoms with Crippen LogP contribution in [0.4, 0.5) is 0 Å². The van der Waals surface area contributed by atoms with Crippen molar-refractivity contribution in [3.05, 3.63) is 58.2 Å². The summed E-state index contributed by atoms with van der Waals surface area (Å²) in [6.45, 7) is 9.17. The summed E-state index contributed by atoms with van der Waals surface area (Å²) >= 11 is 0. The van der Waals surface area contributed by atoms with Gasteiger partial charge in [-0.25, -0.2) is 0 Å². The van der Waals surface area contributed by atoms with Crippen LogP contribution in [0.5, 0.6) is 0 Å². The van der Waals surface area contributed by atoms with Gasteiger partial charge >= 0.3 is 0 Å². The van der Waals surface area contributed by atoms with Crippen LogP contribution in [0.1, 0.15) is 79.1 Å². The largest absolute Gasteiger partial charge is 0.299 e. The number of hydrogen-bond acceptors (Lipinski definition) is 1. The van der Waals surface area contributed by atoms with Gasteiger partial charge in [0, 0.05) is 0 Å². The van der Waals surface area contributed by atoms with Crippen molar-refractivity contribution in [2.24, 2.45) is 5.41 Å². The van der Waals surface area contributed by atoms with Gasteiger partial charge in [-0.3, -0.25) is 4.79 Å². The minimum Gasteiger partial charge on any atom is -0.299 e. The van der Waals surface area contributed by atoms with Gasteiger partial charge in [-0.2, -0.15) is 0 Å². The van der Waals surface area contributed by atoms with Crippen LogP contribution in [0.2, 0.25) is 0 Å². The third-order valence-electron chi connectivity index (χ3n) is 5.68. The first kappa shape index (κ1) is 19.7. The highest BCUT2D eigenvalue weighted by Gasteiger charge is 2.26. The lowest BCUT2D eigenvalue weighted by atomic mass is 9.72. The topological polar surface area (TPSA) is 17.1 Å². The Hall–Kier alpha value is -1.63. The Balaban J connectivity index is 2.17. The zero-order valence-electron chi connectivity index (χ0n) is 16.5. The molecular weight excluding hydrogens is 304 g/mol. The highest BCUT2D eigenvalue weighted by Crippen LogP contribution is 2.40. The molecule has 0 heterocycles. The van der Waals surface area contributed by atoms with Crippen LogP contribution in [0, 0.1) is 5.41 Å². The Morgan fingerprint density at radius 1 is 0.960 bits per heavy atom. The maximum absolute atomic E-state index is 10.9. The van der Waals surface area contributed by atoms with E-state index in [1.54, 1.807) is 11.6 Å². The molecule has 0 aromatic heterocycles. The second-order valence-electron chi connectivity index (χ2n) is 8.26. The second-order valence-corrected chi connectivity index (χ2v) is 8.26.